The normalized spacial score (nSPS) is 13.6. The summed E-state index contributed by atoms with van der Waals surface area (Å²) in [6.45, 7) is 6.42. The van der Waals surface area contributed by atoms with Gasteiger partial charge in [0.15, 0.2) is 0 Å². The van der Waals surface area contributed by atoms with E-state index in [1.807, 2.05) is 0 Å². The summed E-state index contributed by atoms with van der Waals surface area (Å²) in [7, 11) is 0. The molecule has 0 aliphatic rings. The first-order chi connectivity index (χ1) is 29.5. The van der Waals surface area contributed by atoms with Crippen LogP contribution in [0.15, 0.2) is 48.6 Å². The van der Waals surface area contributed by atoms with Gasteiger partial charge in [0.25, 0.3) is 0 Å². The van der Waals surface area contributed by atoms with E-state index in [0.29, 0.717) is 25.7 Å². The molecule has 0 aromatic rings. The lowest BCUT2D eigenvalue weighted by molar-refractivity contribution is -0.151. The SMILES string of the molecule is CCCCC/C=C\C/C=C\C/C=C\C/C=C\CCCC(=O)OC(CCCCCCCCC)CC(=O)NC(CO)C(O)CCCCCCCCCCCCCCCCCCC. The van der Waals surface area contributed by atoms with Gasteiger partial charge >= 0.3 is 5.97 Å². The van der Waals surface area contributed by atoms with Crippen LogP contribution in [0.2, 0.25) is 0 Å². The van der Waals surface area contributed by atoms with Gasteiger partial charge < -0.3 is 20.3 Å². The Balaban J connectivity index is 4.41. The highest BCUT2D eigenvalue weighted by Gasteiger charge is 2.24. The van der Waals surface area contributed by atoms with Crippen molar-refractivity contribution in [1.82, 2.24) is 5.32 Å². The summed E-state index contributed by atoms with van der Waals surface area (Å²) in [6, 6.07) is -0.709. The molecule has 0 aromatic heterocycles. The van der Waals surface area contributed by atoms with Gasteiger partial charge in [-0.15, -0.1) is 0 Å². The predicted octanol–water partition coefficient (Wildman–Crippen LogP) is 15.5. The van der Waals surface area contributed by atoms with Gasteiger partial charge in [-0.1, -0.05) is 230 Å². The Kier molecular flexibility index (Phi) is 46.1. The number of nitrogens with one attached hydrogen (secondary N) is 1. The highest BCUT2D eigenvalue weighted by molar-refractivity contribution is 5.77. The summed E-state index contributed by atoms with van der Waals surface area (Å²) < 4.78 is 5.87. The molecular formula is C54H99NO5. The molecule has 1 amide bonds. The van der Waals surface area contributed by atoms with Crippen LogP contribution in [0.4, 0.5) is 0 Å². The van der Waals surface area contributed by atoms with Crippen LogP contribution >= 0.6 is 0 Å². The summed E-state index contributed by atoms with van der Waals surface area (Å²) in [6.07, 6.45) is 57.6. The van der Waals surface area contributed by atoms with E-state index in [1.165, 1.54) is 141 Å². The zero-order valence-corrected chi connectivity index (χ0v) is 39.8. The number of ether oxygens (including phenoxy) is 1. The fourth-order valence-corrected chi connectivity index (χ4v) is 7.72. The smallest absolute Gasteiger partial charge is 0.306 e. The molecule has 6 nitrogen and oxygen atoms in total. The largest absolute Gasteiger partial charge is 0.462 e. The maximum absolute atomic E-state index is 13.1. The molecule has 60 heavy (non-hydrogen) atoms. The highest BCUT2D eigenvalue weighted by atomic mass is 16.5. The van der Waals surface area contributed by atoms with Crippen LogP contribution in [-0.2, 0) is 14.3 Å². The Hall–Kier alpha value is -2.18. The van der Waals surface area contributed by atoms with Gasteiger partial charge in [-0.2, -0.15) is 0 Å². The van der Waals surface area contributed by atoms with Crippen molar-refractivity contribution in [2.45, 2.75) is 277 Å². The molecule has 0 fully saturated rings. The number of aliphatic hydroxyl groups is 2. The molecule has 0 rings (SSSR count). The third-order valence-electron chi connectivity index (χ3n) is 11.7. The topological polar surface area (TPSA) is 95.9 Å². The molecule has 3 N–H and O–H groups in total. The van der Waals surface area contributed by atoms with Crippen molar-refractivity contribution in [3.05, 3.63) is 48.6 Å². The average molecular weight is 842 g/mol. The minimum Gasteiger partial charge on any atom is -0.462 e. The second-order valence-electron chi connectivity index (χ2n) is 17.6. The molecular weight excluding hydrogens is 743 g/mol. The fourth-order valence-electron chi connectivity index (χ4n) is 7.72. The van der Waals surface area contributed by atoms with Crippen LogP contribution in [0.3, 0.4) is 0 Å². The predicted molar refractivity (Wildman–Crippen MR) is 259 cm³/mol. The van der Waals surface area contributed by atoms with Crippen molar-refractivity contribution in [2.24, 2.45) is 0 Å². The van der Waals surface area contributed by atoms with Crippen LogP contribution in [0.25, 0.3) is 0 Å². The molecule has 0 aromatic carbocycles. The van der Waals surface area contributed by atoms with Crippen LogP contribution in [0.1, 0.15) is 258 Å². The molecule has 0 heterocycles. The van der Waals surface area contributed by atoms with E-state index in [0.717, 1.165) is 64.2 Å². The fraction of sp³-hybridized carbons (Fsp3) is 0.815. The van der Waals surface area contributed by atoms with Gasteiger partial charge in [0, 0.05) is 6.42 Å². The average Bonchev–Trinajstić information content (AvgIpc) is 3.24. The molecule has 0 saturated carbocycles. The zero-order chi connectivity index (χ0) is 43.8. The maximum atomic E-state index is 13.1. The number of esters is 1. The number of unbranched alkanes of at least 4 members (excludes halogenated alkanes) is 26. The van der Waals surface area contributed by atoms with Crippen molar-refractivity contribution in [3.63, 3.8) is 0 Å². The van der Waals surface area contributed by atoms with Gasteiger partial charge in [-0.3, -0.25) is 9.59 Å². The zero-order valence-electron chi connectivity index (χ0n) is 39.8. The van der Waals surface area contributed by atoms with E-state index in [4.69, 9.17) is 4.74 Å². The monoisotopic (exact) mass is 842 g/mol. The van der Waals surface area contributed by atoms with Gasteiger partial charge in [-0.25, -0.2) is 0 Å². The van der Waals surface area contributed by atoms with Gasteiger partial charge in [0.1, 0.15) is 6.10 Å². The first-order valence-electron chi connectivity index (χ1n) is 25.9. The Morgan fingerprint density at radius 2 is 0.850 bits per heavy atom. The number of rotatable bonds is 46. The van der Waals surface area contributed by atoms with Gasteiger partial charge in [0.2, 0.25) is 5.91 Å². The minimum absolute atomic E-state index is 0.0566. The van der Waals surface area contributed by atoms with Crippen molar-refractivity contribution >= 4 is 11.9 Å². The standard InChI is InChI=1S/C54H99NO5/c1-4-7-10-13-16-18-20-22-24-26-28-30-32-34-37-40-43-46-52(57)51(49-56)55-53(58)48-50(45-42-39-36-15-12-9-6-3)60-54(59)47-44-41-38-35-33-31-29-27-25-23-21-19-17-14-11-8-5-2/h17,19,23,25,29,31,35,38,50-52,56-57H,4-16,18,20-22,24,26-28,30,32-34,36-37,39-49H2,1-3H3,(H,55,58)/b19-17-,25-23-,31-29-,38-35-. The number of aliphatic hydroxyl groups excluding tert-OH is 2. The second kappa shape index (κ2) is 47.9. The van der Waals surface area contributed by atoms with Crippen LogP contribution in [-0.4, -0.2) is 46.9 Å². The third kappa shape index (κ3) is 42.5. The summed E-state index contributed by atoms with van der Waals surface area (Å²) in [5.41, 5.74) is 0. The summed E-state index contributed by atoms with van der Waals surface area (Å²) in [4.78, 5) is 26.0. The Labute approximate surface area is 372 Å². The first-order valence-corrected chi connectivity index (χ1v) is 25.9. The highest BCUT2D eigenvalue weighted by Crippen LogP contribution is 2.18. The molecule has 3 unspecified atom stereocenters. The lowest BCUT2D eigenvalue weighted by Crippen LogP contribution is -2.46. The quantitative estimate of drug-likeness (QED) is 0.0322. The number of carbonyl (C=O) groups excluding carboxylic acids is 2. The van der Waals surface area contributed by atoms with Crippen LogP contribution in [0, 0.1) is 0 Å². The van der Waals surface area contributed by atoms with Crippen molar-refractivity contribution < 1.29 is 24.5 Å². The van der Waals surface area contributed by atoms with E-state index in [9.17, 15) is 19.8 Å². The number of hydrogen-bond donors (Lipinski definition) is 3. The molecule has 0 aliphatic carbocycles. The van der Waals surface area contributed by atoms with Gasteiger partial charge in [-0.05, 0) is 64.2 Å². The van der Waals surface area contributed by atoms with E-state index < -0.39 is 18.2 Å². The number of carbonyl (C=O) groups is 2. The summed E-state index contributed by atoms with van der Waals surface area (Å²) in [5, 5.41) is 23.7. The van der Waals surface area contributed by atoms with Crippen molar-refractivity contribution in [1.29, 1.82) is 0 Å². The van der Waals surface area contributed by atoms with E-state index >= 15 is 0 Å². The number of hydrogen-bond acceptors (Lipinski definition) is 5. The number of allylic oxidation sites excluding steroid dienone is 8. The van der Waals surface area contributed by atoms with Crippen LogP contribution in [0.5, 0.6) is 0 Å². The molecule has 0 radical (unpaired) electrons. The maximum Gasteiger partial charge on any atom is 0.306 e. The van der Waals surface area contributed by atoms with Crippen LogP contribution < -0.4 is 5.32 Å². The molecule has 0 aliphatic heterocycles. The second-order valence-corrected chi connectivity index (χ2v) is 17.6. The van der Waals surface area contributed by atoms with E-state index in [2.05, 4.69) is 74.7 Å². The molecule has 6 heteroatoms. The molecule has 0 bridgehead atoms. The Morgan fingerprint density at radius 3 is 1.28 bits per heavy atom. The first kappa shape index (κ1) is 57.8. The molecule has 3 atom stereocenters. The lowest BCUT2D eigenvalue weighted by Gasteiger charge is -2.24. The lowest BCUT2D eigenvalue weighted by atomic mass is 10.0. The van der Waals surface area contributed by atoms with Gasteiger partial charge in [0.05, 0.1) is 25.2 Å². The van der Waals surface area contributed by atoms with E-state index in [-0.39, 0.29) is 24.9 Å². The Morgan fingerprint density at radius 1 is 0.483 bits per heavy atom. The molecule has 350 valence electrons. The molecule has 0 saturated heterocycles. The number of amides is 1. The van der Waals surface area contributed by atoms with Crippen molar-refractivity contribution in [2.75, 3.05) is 6.61 Å². The molecule has 0 spiro atoms. The summed E-state index contributed by atoms with van der Waals surface area (Å²) in [5.74, 6) is -0.540. The summed E-state index contributed by atoms with van der Waals surface area (Å²) >= 11 is 0. The van der Waals surface area contributed by atoms with E-state index in [1.54, 1.807) is 0 Å². The van der Waals surface area contributed by atoms with Crippen molar-refractivity contribution in [3.8, 4) is 0 Å². The Bertz CT molecular complexity index is 1040. The minimum atomic E-state index is -0.794. The third-order valence-corrected chi connectivity index (χ3v) is 11.7.